The summed E-state index contributed by atoms with van der Waals surface area (Å²) >= 11 is 0. The molecule has 1 fully saturated rings. The summed E-state index contributed by atoms with van der Waals surface area (Å²) in [5.74, 6) is -0.0631. The lowest BCUT2D eigenvalue weighted by Crippen LogP contribution is -2.29. The first-order valence-corrected chi connectivity index (χ1v) is 6.72. The lowest BCUT2D eigenvalue weighted by atomic mass is 10.1. The Morgan fingerprint density at radius 1 is 1.20 bits per heavy atom. The monoisotopic (exact) mass is 268 g/mol. The maximum absolute atomic E-state index is 12.4. The number of hydrogen-bond donors (Lipinski definition) is 1. The quantitative estimate of drug-likeness (QED) is 0.905. The number of nitrogens with zero attached hydrogens (tertiary/aromatic N) is 2. The molecule has 0 spiro atoms. The summed E-state index contributed by atoms with van der Waals surface area (Å²) in [6.07, 6.45) is 3.59. The van der Waals surface area contributed by atoms with Crippen molar-refractivity contribution in [2.45, 2.75) is 12.5 Å². The van der Waals surface area contributed by atoms with E-state index >= 15 is 0 Å². The molecule has 1 aromatic carbocycles. The number of hydrogen-bond acceptors (Lipinski definition) is 3. The highest BCUT2D eigenvalue weighted by Crippen LogP contribution is 2.20. The Balaban J connectivity index is 1.86. The van der Waals surface area contributed by atoms with E-state index in [1.54, 1.807) is 17.3 Å². The van der Waals surface area contributed by atoms with Crippen molar-refractivity contribution in [2.24, 2.45) is 0 Å². The van der Waals surface area contributed by atoms with Gasteiger partial charge >= 0.3 is 0 Å². The van der Waals surface area contributed by atoms with Crippen LogP contribution in [0.3, 0.4) is 0 Å². The molecular formula is C16H16N2O2. The Morgan fingerprint density at radius 3 is 2.70 bits per heavy atom. The molecule has 0 unspecified atom stereocenters. The molecule has 0 saturated carbocycles. The Labute approximate surface area is 117 Å². The molecule has 1 amide bonds. The third-order valence-corrected chi connectivity index (χ3v) is 3.54. The van der Waals surface area contributed by atoms with Gasteiger partial charge in [-0.3, -0.25) is 9.78 Å². The van der Waals surface area contributed by atoms with Crippen LogP contribution >= 0.6 is 0 Å². The van der Waals surface area contributed by atoms with Crippen LogP contribution in [0.1, 0.15) is 16.8 Å². The van der Waals surface area contributed by atoms with E-state index in [1.807, 2.05) is 36.4 Å². The number of carbonyl (C=O) groups excluding carboxylic acids is 1. The number of rotatable bonds is 2. The molecule has 0 radical (unpaired) electrons. The number of pyridine rings is 1. The molecule has 4 nitrogen and oxygen atoms in total. The number of aliphatic hydroxyl groups excluding tert-OH is 1. The third-order valence-electron chi connectivity index (χ3n) is 3.54. The lowest BCUT2D eigenvalue weighted by molar-refractivity contribution is 0.0764. The van der Waals surface area contributed by atoms with Crippen molar-refractivity contribution in [3.63, 3.8) is 0 Å². The molecule has 1 N–H and O–H groups in total. The second-order valence-corrected chi connectivity index (χ2v) is 5.02. The molecule has 0 bridgehead atoms. The molecule has 1 atom stereocenters. The molecule has 1 aliphatic rings. The van der Waals surface area contributed by atoms with Gasteiger partial charge in [0, 0.05) is 31.0 Å². The predicted octanol–water partition coefficient (Wildman–Crippen LogP) is 1.96. The summed E-state index contributed by atoms with van der Waals surface area (Å²) < 4.78 is 0. The van der Waals surface area contributed by atoms with Crippen LogP contribution in [-0.4, -0.2) is 40.1 Å². The summed E-state index contributed by atoms with van der Waals surface area (Å²) in [5.41, 5.74) is 2.53. The molecule has 1 saturated heterocycles. The smallest absolute Gasteiger partial charge is 0.255 e. The first-order valence-electron chi connectivity index (χ1n) is 6.72. The third kappa shape index (κ3) is 2.56. The van der Waals surface area contributed by atoms with Gasteiger partial charge in [0.2, 0.25) is 0 Å². The van der Waals surface area contributed by atoms with Crippen molar-refractivity contribution in [3.8, 4) is 11.1 Å². The van der Waals surface area contributed by atoms with Crippen molar-refractivity contribution in [1.29, 1.82) is 0 Å². The zero-order chi connectivity index (χ0) is 13.9. The number of likely N-dealkylation sites (tertiary alicyclic amines) is 1. The molecule has 1 aliphatic heterocycles. The largest absolute Gasteiger partial charge is 0.391 e. The molecule has 1 aromatic heterocycles. The molecular weight excluding hydrogens is 252 g/mol. The Hall–Kier alpha value is -2.20. The van der Waals surface area contributed by atoms with Crippen LogP contribution in [0.15, 0.2) is 48.8 Å². The Bertz CT molecular complexity index is 613. The minimum atomic E-state index is -0.399. The predicted molar refractivity (Wildman–Crippen MR) is 76.2 cm³/mol. The summed E-state index contributed by atoms with van der Waals surface area (Å²) in [6.45, 7) is 1.02. The van der Waals surface area contributed by atoms with Crippen molar-refractivity contribution >= 4 is 5.91 Å². The van der Waals surface area contributed by atoms with Crippen LogP contribution in [0.2, 0.25) is 0 Å². The molecule has 3 rings (SSSR count). The molecule has 2 heterocycles. The van der Waals surface area contributed by atoms with Crippen molar-refractivity contribution in [1.82, 2.24) is 9.88 Å². The number of amides is 1. The number of aliphatic hydroxyl groups is 1. The minimum Gasteiger partial charge on any atom is -0.391 e. The van der Waals surface area contributed by atoms with E-state index in [2.05, 4.69) is 4.98 Å². The van der Waals surface area contributed by atoms with E-state index in [4.69, 9.17) is 0 Å². The average Bonchev–Trinajstić information content (AvgIpc) is 2.94. The summed E-state index contributed by atoms with van der Waals surface area (Å²) in [5, 5.41) is 9.52. The Kier molecular flexibility index (Phi) is 3.48. The maximum Gasteiger partial charge on any atom is 0.255 e. The van der Waals surface area contributed by atoms with Crippen LogP contribution in [0, 0.1) is 0 Å². The van der Waals surface area contributed by atoms with Crippen LogP contribution in [-0.2, 0) is 0 Å². The second kappa shape index (κ2) is 5.43. The van der Waals surface area contributed by atoms with E-state index in [9.17, 15) is 9.90 Å². The highest BCUT2D eigenvalue weighted by Gasteiger charge is 2.25. The summed E-state index contributed by atoms with van der Waals surface area (Å²) in [7, 11) is 0. The minimum absolute atomic E-state index is 0.0631. The number of carbonyl (C=O) groups is 1. The van der Waals surface area contributed by atoms with E-state index in [1.165, 1.54) is 0 Å². The summed E-state index contributed by atoms with van der Waals surface area (Å²) in [6, 6.07) is 11.7. The average molecular weight is 268 g/mol. The van der Waals surface area contributed by atoms with Gasteiger partial charge in [-0.1, -0.05) is 30.3 Å². The number of aromatic nitrogens is 1. The SMILES string of the molecule is O=C(c1cncc(-c2ccccc2)c1)N1CC[C@@H](O)C1. The fourth-order valence-corrected chi connectivity index (χ4v) is 2.45. The van der Waals surface area contributed by atoms with E-state index in [0.717, 1.165) is 11.1 Å². The highest BCUT2D eigenvalue weighted by molar-refractivity contribution is 5.95. The van der Waals surface area contributed by atoms with Crippen molar-refractivity contribution in [3.05, 3.63) is 54.4 Å². The van der Waals surface area contributed by atoms with E-state index in [0.29, 0.717) is 25.1 Å². The Morgan fingerprint density at radius 2 is 2.00 bits per heavy atom. The van der Waals surface area contributed by atoms with Gasteiger partial charge in [0.15, 0.2) is 0 Å². The molecule has 102 valence electrons. The number of benzene rings is 1. The van der Waals surface area contributed by atoms with E-state index < -0.39 is 6.10 Å². The van der Waals surface area contributed by atoms with Crippen LogP contribution in [0.4, 0.5) is 0 Å². The van der Waals surface area contributed by atoms with Crippen LogP contribution in [0.25, 0.3) is 11.1 Å². The molecule has 20 heavy (non-hydrogen) atoms. The zero-order valence-electron chi connectivity index (χ0n) is 11.1. The molecule has 0 aliphatic carbocycles. The van der Waals surface area contributed by atoms with Gasteiger partial charge in [0.1, 0.15) is 0 Å². The fraction of sp³-hybridized carbons (Fsp3) is 0.250. The van der Waals surface area contributed by atoms with Crippen LogP contribution < -0.4 is 0 Å². The van der Waals surface area contributed by atoms with Crippen LogP contribution in [0.5, 0.6) is 0 Å². The topological polar surface area (TPSA) is 53.4 Å². The van der Waals surface area contributed by atoms with Gasteiger partial charge < -0.3 is 10.0 Å². The molecule has 4 heteroatoms. The second-order valence-electron chi connectivity index (χ2n) is 5.02. The standard InChI is InChI=1S/C16H16N2O2/c19-15-6-7-18(11-15)16(20)14-8-13(9-17-10-14)12-4-2-1-3-5-12/h1-5,8-10,15,19H,6-7,11H2/t15-/m1/s1. The van der Waals surface area contributed by atoms with Crippen molar-refractivity contribution < 1.29 is 9.90 Å². The van der Waals surface area contributed by atoms with Gasteiger partial charge in [-0.15, -0.1) is 0 Å². The fourth-order valence-electron chi connectivity index (χ4n) is 2.45. The zero-order valence-corrected chi connectivity index (χ0v) is 11.1. The summed E-state index contributed by atoms with van der Waals surface area (Å²) in [4.78, 5) is 18.2. The maximum atomic E-state index is 12.4. The van der Waals surface area contributed by atoms with Gasteiger partial charge in [-0.2, -0.15) is 0 Å². The van der Waals surface area contributed by atoms with Gasteiger partial charge in [-0.25, -0.2) is 0 Å². The normalized spacial score (nSPS) is 18.2. The highest BCUT2D eigenvalue weighted by atomic mass is 16.3. The van der Waals surface area contributed by atoms with Gasteiger partial charge in [-0.05, 0) is 18.1 Å². The van der Waals surface area contributed by atoms with Crippen molar-refractivity contribution in [2.75, 3.05) is 13.1 Å². The van der Waals surface area contributed by atoms with E-state index in [-0.39, 0.29) is 5.91 Å². The first kappa shape index (κ1) is 12.8. The van der Waals surface area contributed by atoms with Gasteiger partial charge in [0.05, 0.1) is 11.7 Å². The lowest BCUT2D eigenvalue weighted by Gasteiger charge is -2.15. The van der Waals surface area contributed by atoms with Gasteiger partial charge in [0.25, 0.3) is 5.91 Å². The molecule has 2 aromatic rings. The number of β-amino-alcohol motifs (C(OH)–C–C–N with tert-alkyl or cyclic N) is 1. The first-order chi connectivity index (χ1) is 9.74.